The van der Waals surface area contributed by atoms with Crippen LogP contribution in [0.1, 0.15) is 17.0 Å². The molecule has 0 aliphatic heterocycles. The zero-order valence-corrected chi connectivity index (χ0v) is 11.3. The van der Waals surface area contributed by atoms with Gasteiger partial charge >= 0.3 is 6.36 Å². The van der Waals surface area contributed by atoms with Crippen molar-refractivity contribution in [2.45, 2.75) is 26.4 Å². The number of nitrogens with zero attached hydrogens (tertiary/aromatic N) is 2. The van der Waals surface area contributed by atoms with Crippen LogP contribution >= 0.6 is 0 Å². The van der Waals surface area contributed by atoms with Crippen molar-refractivity contribution >= 4 is 0 Å². The van der Waals surface area contributed by atoms with Gasteiger partial charge in [0.25, 0.3) is 0 Å². The largest absolute Gasteiger partial charge is 0.573 e. The molecule has 1 N–H and O–H groups in total. The Morgan fingerprint density at radius 3 is 2.52 bits per heavy atom. The van der Waals surface area contributed by atoms with Crippen LogP contribution in [-0.4, -0.2) is 16.3 Å². The van der Waals surface area contributed by atoms with E-state index in [-0.39, 0.29) is 12.3 Å². The van der Waals surface area contributed by atoms with Crippen LogP contribution in [-0.2, 0) is 13.1 Å². The van der Waals surface area contributed by atoms with E-state index in [4.69, 9.17) is 0 Å². The lowest BCUT2D eigenvalue weighted by Crippen LogP contribution is -2.20. The van der Waals surface area contributed by atoms with E-state index in [0.29, 0.717) is 12.1 Å². The molecule has 0 aliphatic carbocycles. The minimum Gasteiger partial charge on any atom is -0.405 e. The van der Waals surface area contributed by atoms with Gasteiger partial charge in [0.15, 0.2) is 0 Å². The first-order chi connectivity index (χ1) is 9.94. The van der Waals surface area contributed by atoms with E-state index >= 15 is 0 Å². The number of rotatable bonds is 5. The number of hydrogen-bond acceptors (Lipinski definition) is 4. The Hall–Kier alpha value is -2.15. The molecular formula is C14H14F3N3O. The van der Waals surface area contributed by atoms with Crippen LogP contribution in [0.4, 0.5) is 13.2 Å². The Morgan fingerprint density at radius 1 is 1.10 bits per heavy atom. The Labute approximate surface area is 120 Å². The Bertz CT molecular complexity index is 585. The summed E-state index contributed by atoms with van der Waals surface area (Å²) in [5.41, 5.74) is 1.95. The van der Waals surface area contributed by atoms with Crippen molar-refractivity contribution in [1.82, 2.24) is 15.3 Å². The van der Waals surface area contributed by atoms with Crippen LogP contribution in [0.5, 0.6) is 5.75 Å². The molecule has 0 radical (unpaired) electrons. The number of para-hydroxylation sites is 1. The molecular weight excluding hydrogens is 283 g/mol. The topological polar surface area (TPSA) is 47.0 Å². The van der Waals surface area contributed by atoms with Crippen molar-refractivity contribution in [2.75, 3.05) is 0 Å². The third kappa shape index (κ3) is 5.03. The molecule has 21 heavy (non-hydrogen) atoms. The third-order valence-electron chi connectivity index (χ3n) is 2.65. The highest BCUT2D eigenvalue weighted by molar-refractivity contribution is 5.33. The Balaban J connectivity index is 1.95. The predicted octanol–water partition coefficient (Wildman–Crippen LogP) is 2.97. The number of halogens is 3. The fourth-order valence-electron chi connectivity index (χ4n) is 1.71. The maximum atomic E-state index is 12.3. The van der Waals surface area contributed by atoms with E-state index in [0.717, 1.165) is 11.4 Å². The second-order valence-corrected chi connectivity index (χ2v) is 4.41. The standard InChI is InChI=1S/C14H14F3N3O/c1-10-6-20-12(9-19-10)8-18-7-11-4-2-3-5-13(11)21-14(15,16)17/h2-6,9,18H,7-8H2,1H3. The Morgan fingerprint density at radius 2 is 1.86 bits per heavy atom. The molecule has 0 saturated carbocycles. The van der Waals surface area contributed by atoms with Crippen LogP contribution in [0.3, 0.4) is 0 Å². The summed E-state index contributed by atoms with van der Waals surface area (Å²) in [7, 11) is 0. The molecule has 0 amide bonds. The highest BCUT2D eigenvalue weighted by atomic mass is 19.4. The highest BCUT2D eigenvalue weighted by Crippen LogP contribution is 2.26. The van der Waals surface area contributed by atoms with Crippen molar-refractivity contribution in [3.63, 3.8) is 0 Å². The predicted molar refractivity (Wildman–Crippen MR) is 70.4 cm³/mol. The number of aromatic nitrogens is 2. The summed E-state index contributed by atoms with van der Waals surface area (Å²) in [6.07, 6.45) is -1.43. The minimum atomic E-state index is -4.70. The first-order valence-corrected chi connectivity index (χ1v) is 6.26. The first-order valence-electron chi connectivity index (χ1n) is 6.26. The number of aryl methyl sites for hydroxylation is 1. The molecule has 0 bridgehead atoms. The lowest BCUT2D eigenvalue weighted by atomic mass is 10.2. The van der Waals surface area contributed by atoms with Crippen LogP contribution in [0.2, 0.25) is 0 Å². The SMILES string of the molecule is Cc1cnc(CNCc2ccccc2OC(F)(F)F)cn1. The van der Waals surface area contributed by atoms with E-state index in [1.165, 1.54) is 12.1 Å². The summed E-state index contributed by atoms with van der Waals surface area (Å²) in [5, 5.41) is 3.01. The average molecular weight is 297 g/mol. The van der Waals surface area contributed by atoms with Gasteiger partial charge in [-0.05, 0) is 13.0 Å². The fraction of sp³-hybridized carbons (Fsp3) is 0.286. The van der Waals surface area contributed by atoms with E-state index in [9.17, 15) is 13.2 Å². The molecule has 0 aliphatic rings. The summed E-state index contributed by atoms with van der Waals surface area (Å²) >= 11 is 0. The van der Waals surface area contributed by atoms with Crippen molar-refractivity contribution in [3.8, 4) is 5.75 Å². The average Bonchev–Trinajstić information content (AvgIpc) is 2.41. The zero-order chi connectivity index (χ0) is 15.3. The number of hydrogen-bond donors (Lipinski definition) is 1. The summed E-state index contributed by atoms with van der Waals surface area (Å²) in [4.78, 5) is 8.25. The van der Waals surface area contributed by atoms with Gasteiger partial charge in [-0.1, -0.05) is 18.2 Å². The molecule has 0 unspecified atom stereocenters. The van der Waals surface area contributed by atoms with Gasteiger partial charge in [0.05, 0.1) is 11.4 Å². The van der Waals surface area contributed by atoms with Crippen molar-refractivity contribution in [3.05, 3.63) is 53.6 Å². The molecule has 0 atom stereocenters. The van der Waals surface area contributed by atoms with Gasteiger partial charge in [-0.15, -0.1) is 13.2 Å². The molecule has 1 aromatic heterocycles. The van der Waals surface area contributed by atoms with Gasteiger partial charge in [0.1, 0.15) is 5.75 Å². The summed E-state index contributed by atoms with van der Waals surface area (Å²) in [5.74, 6) is -0.201. The van der Waals surface area contributed by atoms with Crippen molar-refractivity contribution < 1.29 is 17.9 Å². The van der Waals surface area contributed by atoms with Crippen molar-refractivity contribution in [1.29, 1.82) is 0 Å². The number of benzene rings is 1. The van der Waals surface area contributed by atoms with Crippen LogP contribution in [0, 0.1) is 6.92 Å². The van der Waals surface area contributed by atoms with Crippen molar-refractivity contribution in [2.24, 2.45) is 0 Å². The number of ether oxygens (including phenoxy) is 1. The van der Waals surface area contributed by atoms with Gasteiger partial charge < -0.3 is 10.1 Å². The minimum absolute atomic E-state index is 0.201. The highest BCUT2D eigenvalue weighted by Gasteiger charge is 2.31. The van der Waals surface area contributed by atoms with Gasteiger partial charge in [-0.25, -0.2) is 0 Å². The quantitative estimate of drug-likeness (QED) is 0.921. The monoisotopic (exact) mass is 297 g/mol. The molecule has 7 heteroatoms. The van der Waals surface area contributed by atoms with E-state index in [1.54, 1.807) is 24.5 Å². The molecule has 0 fully saturated rings. The molecule has 1 heterocycles. The maximum absolute atomic E-state index is 12.3. The van der Waals surface area contributed by atoms with Crippen LogP contribution in [0.15, 0.2) is 36.7 Å². The summed E-state index contributed by atoms with van der Waals surface area (Å²) < 4.78 is 40.8. The lowest BCUT2D eigenvalue weighted by molar-refractivity contribution is -0.274. The van der Waals surface area contributed by atoms with Gasteiger partial charge in [0.2, 0.25) is 0 Å². The number of alkyl halides is 3. The molecule has 112 valence electrons. The van der Waals surface area contributed by atoms with Gasteiger partial charge in [-0.3, -0.25) is 9.97 Å². The van der Waals surface area contributed by atoms with E-state index in [2.05, 4.69) is 20.0 Å². The zero-order valence-electron chi connectivity index (χ0n) is 11.3. The lowest BCUT2D eigenvalue weighted by Gasteiger charge is -2.13. The van der Waals surface area contributed by atoms with E-state index < -0.39 is 6.36 Å². The van der Waals surface area contributed by atoms with E-state index in [1.807, 2.05) is 6.92 Å². The molecule has 0 saturated heterocycles. The van der Waals surface area contributed by atoms with Gasteiger partial charge in [0, 0.05) is 31.0 Å². The Kier molecular flexibility index (Phi) is 4.74. The summed E-state index contributed by atoms with van der Waals surface area (Å²) in [6, 6.07) is 6.02. The first kappa shape index (κ1) is 15.2. The maximum Gasteiger partial charge on any atom is 0.573 e. The third-order valence-corrected chi connectivity index (χ3v) is 2.65. The van der Waals surface area contributed by atoms with Crippen LogP contribution < -0.4 is 10.1 Å². The molecule has 0 spiro atoms. The smallest absolute Gasteiger partial charge is 0.405 e. The molecule has 2 aromatic rings. The molecule has 4 nitrogen and oxygen atoms in total. The summed E-state index contributed by atoms with van der Waals surface area (Å²) in [6.45, 7) is 2.48. The number of nitrogens with one attached hydrogen (secondary N) is 1. The van der Waals surface area contributed by atoms with Crippen LogP contribution in [0.25, 0.3) is 0 Å². The molecule has 1 aromatic carbocycles. The normalized spacial score (nSPS) is 11.4. The second kappa shape index (κ2) is 6.53. The van der Waals surface area contributed by atoms with Gasteiger partial charge in [-0.2, -0.15) is 0 Å². The molecule has 2 rings (SSSR count). The fourth-order valence-corrected chi connectivity index (χ4v) is 1.71. The second-order valence-electron chi connectivity index (χ2n) is 4.41.